The molecule has 3 aliphatic heterocycles. The number of thioether (sulfide) groups is 1. The van der Waals surface area contributed by atoms with E-state index in [0.717, 1.165) is 84.8 Å². The van der Waals surface area contributed by atoms with Gasteiger partial charge < -0.3 is 14.8 Å². The number of amidine groups is 2. The fourth-order valence-electron chi connectivity index (χ4n) is 7.97. The van der Waals surface area contributed by atoms with Crippen LogP contribution in [0, 0.1) is 24.7 Å². The molecule has 3 amide bonds. The summed E-state index contributed by atoms with van der Waals surface area (Å²) < 4.78 is 4.61. The topological polar surface area (TPSA) is 160 Å². The average molecular weight is 895 g/mol. The fourth-order valence-corrected chi connectivity index (χ4v) is 8.99. The van der Waals surface area contributed by atoms with Gasteiger partial charge in [-0.25, -0.2) is 19.7 Å². The third-order valence-corrected chi connectivity index (χ3v) is 13.6. The second kappa shape index (κ2) is 21.1. The number of anilines is 1. The van der Waals surface area contributed by atoms with E-state index in [4.69, 9.17) is 15.0 Å². The van der Waals surface area contributed by atoms with Crippen LogP contribution in [-0.2, 0) is 41.6 Å². The molecule has 1 saturated carbocycles. The first-order valence-electron chi connectivity index (χ1n) is 23.0. The van der Waals surface area contributed by atoms with Crippen molar-refractivity contribution in [3.63, 3.8) is 0 Å². The molecule has 1 aliphatic carbocycles. The van der Waals surface area contributed by atoms with Crippen molar-refractivity contribution in [3.8, 4) is 0 Å². The van der Waals surface area contributed by atoms with Crippen LogP contribution < -0.4 is 16.6 Å². The Morgan fingerprint density at radius 2 is 1.56 bits per heavy atom. The first-order valence-corrected chi connectivity index (χ1v) is 23.9. The molecule has 15 nitrogen and oxygen atoms in total. The van der Waals surface area contributed by atoms with Crippen LogP contribution in [-0.4, -0.2) is 99.6 Å². The van der Waals surface area contributed by atoms with Crippen LogP contribution in [0.1, 0.15) is 97.5 Å². The molecule has 5 heterocycles. The van der Waals surface area contributed by atoms with Crippen LogP contribution in [0.4, 0.5) is 11.4 Å². The van der Waals surface area contributed by atoms with Crippen molar-refractivity contribution in [2.24, 2.45) is 41.8 Å². The van der Waals surface area contributed by atoms with E-state index >= 15 is 0 Å². The number of fused-ring (bicyclic) bond motifs is 4. The number of nitrogens with zero attached hydrogens (tertiary/aromatic N) is 9. The highest BCUT2D eigenvalue weighted by Crippen LogP contribution is 2.37. The van der Waals surface area contributed by atoms with E-state index in [1.165, 1.54) is 23.4 Å². The first-order chi connectivity index (χ1) is 30.7. The molecular weight excluding hydrogens is 829 g/mol. The van der Waals surface area contributed by atoms with Crippen molar-refractivity contribution >= 4 is 63.0 Å². The minimum atomic E-state index is -0.423. The van der Waals surface area contributed by atoms with Crippen LogP contribution in [0.5, 0.6) is 0 Å². The van der Waals surface area contributed by atoms with Gasteiger partial charge in [-0.05, 0) is 68.2 Å². The molecule has 8 rings (SSSR count). The van der Waals surface area contributed by atoms with Gasteiger partial charge in [-0.1, -0.05) is 97.0 Å². The van der Waals surface area contributed by atoms with E-state index < -0.39 is 11.3 Å². The summed E-state index contributed by atoms with van der Waals surface area (Å²) in [6, 6.07) is 15.0. The Balaban J connectivity index is 0.000000205. The number of hydrogen-bond acceptors (Lipinski definition) is 10. The summed E-state index contributed by atoms with van der Waals surface area (Å²) in [6.07, 6.45) is 4.46. The Morgan fingerprint density at radius 3 is 2.20 bits per heavy atom. The second-order valence-electron chi connectivity index (χ2n) is 17.3. The van der Waals surface area contributed by atoms with E-state index in [-0.39, 0.29) is 34.9 Å². The first kappa shape index (κ1) is 48.1. The van der Waals surface area contributed by atoms with Crippen molar-refractivity contribution in [1.82, 2.24) is 33.4 Å². The molecular formula is C48H66N10O5S. The molecule has 2 fully saturated rings. The van der Waals surface area contributed by atoms with Gasteiger partial charge in [0.2, 0.25) is 11.8 Å². The summed E-state index contributed by atoms with van der Waals surface area (Å²) in [5.74, 6) is 2.47. The minimum absolute atomic E-state index is 0.0655. The van der Waals surface area contributed by atoms with E-state index in [1.807, 2.05) is 92.6 Å². The van der Waals surface area contributed by atoms with Crippen molar-refractivity contribution in [2.75, 3.05) is 31.5 Å². The van der Waals surface area contributed by atoms with Gasteiger partial charge in [0, 0.05) is 64.0 Å². The molecule has 16 heteroatoms. The minimum Gasteiger partial charge on any atom is -0.340 e. The van der Waals surface area contributed by atoms with Crippen LogP contribution in [0.15, 0.2) is 68.1 Å². The molecule has 344 valence electrons. The summed E-state index contributed by atoms with van der Waals surface area (Å²) in [5, 5.41) is 3.15. The lowest BCUT2D eigenvalue weighted by Crippen LogP contribution is -2.49. The van der Waals surface area contributed by atoms with Crippen LogP contribution in [0.25, 0.3) is 11.2 Å². The molecule has 0 spiro atoms. The Morgan fingerprint density at radius 1 is 0.891 bits per heavy atom. The number of imidazole rings is 1. The number of para-hydroxylation sites is 2. The number of rotatable bonds is 12. The smallest absolute Gasteiger partial charge is 0.332 e. The average Bonchev–Trinajstić information content (AvgIpc) is 4.01. The lowest BCUT2D eigenvalue weighted by molar-refractivity contribution is -0.134. The third kappa shape index (κ3) is 10.3. The Labute approximate surface area is 381 Å². The maximum Gasteiger partial charge on any atom is 0.332 e. The van der Waals surface area contributed by atoms with Crippen molar-refractivity contribution in [3.05, 3.63) is 86.3 Å². The van der Waals surface area contributed by atoms with E-state index in [0.29, 0.717) is 53.5 Å². The second-order valence-corrected chi connectivity index (χ2v) is 18.5. The fraction of sp³-hybridized carbons (Fsp3) is 0.542. The van der Waals surface area contributed by atoms with Crippen LogP contribution in [0.3, 0.4) is 0 Å². The predicted molar refractivity (Wildman–Crippen MR) is 257 cm³/mol. The number of piperazine rings is 1. The van der Waals surface area contributed by atoms with Crippen molar-refractivity contribution in [2.45, 2.75) is 112 Å². The maximum atomic E-state index is 13.4. The van der Waals surface area contributed by atoms with Gasteiger partial charge in [0.1, 0.15) is 17.7 Å². The molecule has 4 aromatic rings. The maximum absolute atomic E-state index is 13.4. The third-order valence-electron chi connectivity index (χ3n) is 12.3. The molecule has 3 unspecified atom stereocenters. The monoisotopic (exact) mass is 894 g/mol. The van der Waals surface area contributed by atoms with Gasteiger partial charge in [0.05, 0.1) is 17.5 Å². The molecule has 3 atom stereocenters. The molecule has 1 saturated heterocycles. The number of aryl methyl sites for hydroxylation is 3. The zero-order valence-electron chi connectivity index (χ0n) is 39.3. The number of carbonyl (C=O) groups is 3. The molecule has 1 N–H and O–H groups in total. The molecule has 4 aliphatic rings. The summed E-state index contributed by atoms with van der Waals surface area (Å²) in [4.78, 5) is 84.2. The van der Waals surface area contributed by atoms with Gasteiger partial charge in [-0.3, -0.25) is 38.2 Å². The Kier molecular flexibility index (Phi) is 15.9. The van der Waals surface area contributed by atoms with Crippen molar-refractivity contribution < 1.29 is 14.4 Å². The lowest BCUT2D eigenvalue weighted by atomic mass is 10.00. The summed E-state index contributed by atoms with van der Waals surface area (Å²) >= 11 is 1.33. The number of aromatic nitrogens is 4. The molecule has 0 bridgehead atoms. The van der Waals surface area contributed by atoms with Gasteiger partial charge in [-0.2, -0.15) is 0 Å². The van der Waals surface area contributed by atoms with Gasteiger partial charge in [-0.15, -0.1) is 0 Å². The highest BCUT2D eigenvalue weighted by molar-refractivity contribution is 8.15. The summed E-state index contributed by atoms with van der Waals surface area (Å²) in [6.45, 7) is 20.7. The van der Waals surface area contributed by atoms with E-state index in [1.54, 1.807) is 11.9 Å². The van der Waals surface area contributed by atoms with Gasteiger partial charge >= 0.3 is 5.69 Å². The Bertz CT molecular complexity index is 2530. The number of hydrogen-bond donors (Lipinski definition) is 1. The zero-order valence-corrected chi connectivity index (χ0v) is 40.1. The highest BCUT2D eigenvalue weighted by atomic mass is 32.2. The van der Waals surface area contributed by atoms with Crippen molar-refractivity contribution in [1.29, 1.82) is 0 Å². The van der Waals surface area contributed by atoms with Gasteiger partial charge in [0.15, 0.2) is 16.3 Å². The number of benzene rings is 2. The van der Waals surface area contributed by atoms with Gasteiger partial charge in [0.25, 0.3) is 11.5 Å². The van der Waals surface area contributed by atoms with Crippen LogP contribution in [0.2, 0.25) is 0 Å². The van der Waals surface area contributed by atoms with E-state index in [9.17, 15) is 24.0 Å². The lowest BCUT2D eigenvalue weighted by Gasteiger charge is -2.34. The summed E-state index contributed by atoms with van der Waals surface area (Å²) in [5.41, 5.74) is 3.72. The number of aliphatic imine (C=N–C) groups is 2. The molecule has 64 heavy (non-hydrogen) atoms. The molecule has 2 aromatic heterocycles. The highest BCUT2D eigenvalue weighted by Gasteiger charge is 2.44. The van der Waals surface area contributed by atoms with Crippen LogP contribution >= 0.6 is 11.8 Å². The molecule has 0 radical (unpaired) electrons. The standard InChI is InChI=1S/C25H28N4O2S.C21H32N6O3.C2H6/c1-5-15(3)21-24(31)29-22(28-21)17-12-8-10-14-19(17)27-25(29)32-20(6-2)23(30)26-18-13-9-7-11-16(18)4;1-14(2)7-8-27-16(22-18-17(27)20(29)24(4)21(30)23(18)3)13-25-9-11-26(12-10-25)19(28)15-5-6-15;1-2/h7-15,20-21H,5-6H2,1-4H3,(H,26,30);14-15H,5-13H2,1-4H3;1-2H3. The Hall–Kier alpha value is -5.35. The molecule has 2 aromatic carbocycles. The normalized spacial score (nSPS) is 18.0. The quantitative estimate of drug-likeness (QED) is 0.164. The largest absolute Gasteiger partial charge is 0.340 e. The van der Waals surface area contributed by atoms with E-state index in [2.05, 4.69) is 31.0 Å². The SMILES string of the molecule is CC.CC(C)CCn1c(CN2CCN(C(=O)C3CC3)CC2)nc2c1c(=O)n(C)c(=O)n2C.CCC(SC1=Nc2ccccc2C2=NC(C(C)CC)C(=O)N12)C(=O)Nc1ccccc1C. The number of nitrogens with one attached hydrogen (secondary N) is 1. The predicted octanol–water partition coefficient (Wildman–Crippen LogP) is 6.71. The number of carbonyl (C=O) groups excluding carboxylic acids is 3. The zero-order chi connectivity index (χ0) is 46.4. The summed E-state index contributed by atoms with van der Waals surface area (Å²) in [7, 11) is 3.18. The number of amides is 3.